The van der Waals surface area contributed by atoms with Crippen LogP contribution in [0.25, 0.3) is 11.0 Å². The minimum Gasteiger partial charge on any atom is -0.383 e. The van der Waals surface area contributed by atoms with E-state index < -0.39 is 0 Å². The Morgan fingerprint density at radius 2 is 1.94 bits per heavy atom. The Labute approximate surface area is 186 Å². The molecule has 162 valence electrons. The zero-order chi connectivity index (χ0) is 22.1. The van der Waals surface area contributed by atoms with Crippen molar-refractivity contribution >= 4 is 28.4 Å². The summed E-state index contributed by atoms with van der Waals surface area (Å²) in [5.74, 6) is 0.331. The van der Waals surface area contributed by atoms with Crippen LogP contribution in [0.5, 0.6) is 0 Å². The summed E-state index contributed by atoms with van der Waals surface area (Å²) in [6.07, 6.45) is 6.74. The molecule has 7 heteroatoms. The van der Waals surface area contributed by atoms with Crippen LogP contribution < -0.4 is 11.1 Å². The molecule has 4 aromatic rings. The Hall–Kier alpha value is -3.74. The Kier molecular flexibility index (Phi) is 5.31. The molecule has 1 fully saturated rings. The van der Waals surface area contributed by atoms with E-state index in [9.17, 15) is 4.79 Å². The van der Waals surface area contributed by atoms with Crippen molar-refractivity contribution in [2.45, 2.75) is 45.1 Å². The van der Waals surface area contributed by atoms with Crippen LogP contribution in [-0.4, -0.2) is 25.7 Å². The molecule has 1 aliphatic rings. The van der Waals surface area contributed by atoms with Crippen molar-refractivity contribution in [3.05, 3.63) is 77.2 Å². The van der Waals surface area contributed by atoms with Crippen LogP contribution in [0.4, 0.5) is 11.5 Å². The Bertz CT molecular complexity index is 1290. The van der Waals surface area contributed by atoms with Gasteiger partial charge in [0, 0.05) is 17.7 Å². The molecular weight excluding hydrogens is 400 g/mol. The molecule has 3 N–H and O–H groups in total. The van der Waals surface area contributed by atoms with Crippen LogP contribution in [0.1, 0.15) is 58.9 Å². The van der Waals surface area contributed by atoms with Crippen molar-refractivity contribution in [3.8, 4) is 0 Å². The standard InChI is InChI=1S/C25H26N6O/c1-16-6-4-8-18(12-16)25(32)29-19-9-5-7-17(13-19)14-21-22-23(26)27-15-28-24(22)31(30-21)20-10-2-3-11-20/h4-9,12-13,15,20H,2-3,10-11,14H2,1H3,(H,29,32)(H2,26,27,28). The summed E-state index contributed by atoms with van der Waals surface area (Å²) >= 11 is 0. The average Bonchev–Trinajstić information content (AvgIpc) is 3.43. The van der Waals surface area contributed by atoms with Gasteiger partial charge >= 0.3 is 0 Å². The fourth-order valence-electron chi connectivity index (χ4n) is 4.54. The number of fused-ring (bicyclic) bond motifs is 1. The zero-order valence-electron chi connectivity index (χ0n) is 18.1. The molecule has 0 spiro atoms. The molecule has 1 saturated carbocycles. The molecule has 0 aliphatic heterocycles. The number of rotatable bonds is 5. The largest absolute Gasteiger partial charge is 0.383 e. The molecule has 0 radical (unpaired) electrons. The van der Waals surface area contributed by atoms with Gasteiger partial charge in [0.25, 0.3) is 5.91 Å². The number of nitrogens with two attached hydrogens (primary N) is 1. The fourth-order valence-corrected chi connectivity index (χ4v) is 4.54. The molecule has 32 heavy (non-hydrogen) atoms. The third kappa shape index (κ3) is 3.93. The van der Waals surface area contributed by atoms with Gasteiger partial charge in [-0.15, -0.1) is 0 Å². The SMILES string of the molecule is Cc1cccc(C(=O)Nc2cccc(Cc3nn(C4CCCC4)c4ncnc(N)c34)c2)c1. The number of aryl methyl sites for hydroxylation is 1. The maximum absolute atomic E-state index is 12.6. The van der Waals surface area contributed by atoms with Crippen LogP contribution in [-0.2, 0) is 6.42 Å². The molecule has 1 aliphatic carbocycles. The van der Waals surface area contributed by atoms with Gasteiger partial charge in [0.1, 0.15) is 12.1 Å². The molecule has 2 aromatic carbocycles. The van der Waals surface area contributed by atoms with E-state index in [2.05, 4.69) is 15.3 Å². The maximum Gasteiger partial charge on any atom is 0.255 e. The summed E-state index contributed by atoms with van der Waals surface area (Å²) in [6.45, 7) is 1.97. The van der Waals surface area contributed by atoms with Gasteiger partial charge in [-0.1, -0.05) is 42.7 Å². The van der Waals surface area contributed by atoms with Crippen molar-refractivity contribution in [1.29, 1.82) is 0 Å². The first kappa shape index (κ1) is 20.2. The van der Waals surface area contributed by atoms with E-state index in [1.807, 2.05) is 60.1 Å². The van der Waals surface area contributed by atoms with Gasteiger partial charge in [-0.3, -0.25) is 4.79 Å². The van der Waals surface area contributed by atoms with E-state index in [-0.39, 0.29) is 5.91 Å². The number of anilines is 2. The van der Waals surface area contributed by atoms with E-state index in [1.54, 1.807) is 0 Å². The van der Waals surface area contributed by atoms with Crippen LogP contribution in [0.3, 0.4) is 0 Å². The number of hydrogen-bond donors (Lipinski definition) is 2. The highest BCUT2D eigenvalue weighted by Crippen LogP contribution is 2.33. The van der Waals surface area contributed by atoms with Gasteiger partial charge in [0.05, 0.1) is 17.1 Å². The third-order valence-corrected chi connectivity index (χ3v) is 6.10. The molecule has 0 unspecified atom stereocenters. The summed E-state index contributed by atoms with van der Waals surface area (Å²) in [5, 5.41) is 8.75. The number of aromatic nitrogens is 4. The molecule has 2 aromatic heterocycles. The molecule has 0 bridgehead atoms. The van der Waals surface area contributed by atoms with E-state index in [4.69, 9.17) is 10.8 Å². The van der Waals surface area contributed by atoms with Crippen LogP contribution >= 0.6 is 0 Å². The maximum atomic E-state index is 12.6. The van der Waals surface area contributed by atoms with E-state index in [1.165, 1.54) is 19.2 Å². The van der Waals surface area contributed by atoms with Crippen LogP contribution in [0, 0.1) is 6.92 Å². The topological polar surface area (TPSA) is 98.7 Å². The lowest BCUT2D eigenvalue weighted by molar-refractivity contribution is 0.102. The minimum atomic E-state index is -0.126. The lowest BCUT2D eigenvalue weighted by Crippen LogP contribution is -2.12. The highest BCUT2D eigenvalue weighted by atomic mass is 16.1. The normalized spacial score (nSPS) is 14.2. The monoisotopic (exact) mass is 426 g/mol. The number of benzene rings is 2. The summed E-state index contributed by atoms with van der Waals surface area (Å²) in [4.78, 5) is 21.3. The first-order valence-corrected chi connectivity index (χ1v) is 11.0. The van der Waals surface area contributed by atoms with Crippen LogP contribution in [0.2, 0.25) is 0 Å². The smallest absolute Gasteiger partial charge is 0.255 e. The summed E-state index contributed by atoms with van der Waals surface area (Å²) < 4.78 is 2.04. The Morgan fingerprint density at radius 1 is 1.12 bits per heavy atom. The number of nitrogens with one attached hydrogen (secondary N) is 1. The Balaban J connectivity index is 1.43. The predicted octanol–water partition coefficient (Wildman–Crippen LogP) is 4.68. The Morgan fingerprint density at radius 3 is 2.75 bits per heavy atom. The van der Waals surface area contributed by atoms with Crippen molar-refractivity contribution < 1.29 is 4.79 Å². The van der Waals surface area contributed by atoms with Gasteiger partial charge in [-0.05, 0) is 49.6 Å². The van der Waals surface area contributed by atoms with Crippen molar-refractivity contribution in [1.82, 2.24) is 19.7 Å². The highest BCUT2D eigenvalue weighted by Gasteiger charge is 2.24. The zero-order valence-corrected chi connectivity index (χ0v) is 18.1. The third-order valence-electron chi connectivity index (χ3n) is 6.10. The van der Waals surface area contributed by atoms with Gasteiger partial charge in [0.2, 0.25) is 0 Å². The summed E-state index contributed by atoms with van der Waals surface area (Å²) in [7, 11) is 0. The first-order chi connectivity index (χ1) is 15.6. The molecule has 7 nitrogen and oxygen atoms in total. The van der Waals surface area contributed by atoms with Gasteiger partial charge < -0.3 is 11.1 Å². The number of amides is 1. The lowest BCUT2D eigenvalue weighted by atomic mass is 10.1. The number of carbonyl (C=O) groups is 1. The second kappa shape index (κ2) is 8.42. The second-order valence-electron chi connectivity index (χ2n) is 8.49. The predicted molar refractivity (Wildman–Crippen MR) is 126 cm³/mol. The highest BCUT2D eigenvalue weighted by molar-refractivity contribution is 6.04. The molecular formula is C25H26N6O. The molecule has 1 amide bonds. The second-order valence-corrected chi connectivity index (χ2v) is 8.49. The van der Waals surface area contributed by atoms with Gasteiger partial charge in [0.15, 0.2) is 5.65 Å². The van der Waals surface area contributed by atoms with Gasteiger partial charge in [-0.25, -0.2) is 14.6 Å². The summed E-state index contributed by atoms with van der Waals surface area (Å²) in [5.41, 5.74) is 11.4. The molecule has 0 saturated heterocycles. The summed E-state index contributed by atoms with van der Waals surface area (Å²) in [6, 6.07) is 15.8. The molecule has 0 atom stereocenters. The molecule has 5 rings (SSSR count). The van der Waals surface area contributed by atoms with E-state index in [0.29, 0.717) is 23.8 Å². The van der Waals surface area contributed by atoms with Crippen molar-refractivity contribution in [2.24, 2.45) is 0 Å². The van der Waals surface area contributed by atoms with E-state index in [0.717, 1.165) is 46.4 Å². The first-order valence-electron chi connectivity index (χ1n) is 11.0. The number of nitrogen functional groups attached to an aromatic ring is 1. The number of carbonyl (C=O) groups excluding carboxylic acids is 1. The average molecular weight is 427 g/mol. The number of nitrogens with zero attached hydrogens (tertiary/aromatic N) is 4. The molecule has 2 heterocycles. The van der Waals surface area contributed by atoms with Crippen LogP contribution in [0.15, 0.2) is 54.9 Å². The quantitative estimate of drug-likeness (QED) is 0.483. The van der Waals surface area contributed by atoms with Crippen molar-refractivity contribution in [2.75, 3.05) is 11.1 Å². The van der Waals surface area contributed by atoms with Gasteiger partial charge in [-0.2, -0.15) is 5.10 Å². The van der Waals surface area contributed by atoms with E-state index >= 15 is 0 Å². The number of hydrogen-bond acceptors (Lipinski definition) is 5. The lowest BCUT2D eigenvalue weighted by Gasteiger charge is -2.10. The fraction of sp³-hybridized carbons (Fsp3) is 0.280. The van der Waals surface area contributed by atoms with Crippen molar-refractivity contribution in [3.63, 3.8) is 0 Å². The minimum absolute atomic E-state index is 0.126.